The first-order valence-electron chi connectivity index (χ1n) is 14.7. The molecule has 3 aromatic carbocycles. The fraction of sp³-hybridized carbons (Fsp3) is 0.294. The molecule has 8 nitrogen and oxygen atoms in total. The third-order valence-electron chi connectivity index (χ3n) is 8.24. The maximum Gasteiger partial charge on any atom is 0.243 e. The molecule has 1 saturated heterocycles. The Kier molecular flexibility index (Phi) is 8.23. The highest BCUT2D eigenvalue weighted by Gasteiger charge is 2.34. The van der Waals surface area contributed by atoms with Gasteiger partial charge in [0, 0.05) is 70.1 Å². The summed E-state index contributed by atoms with van der Waals surface area (Å²) in [6, 6.07) is 17.3. The van der Waals surface area contributed by atoms with E-state index >= 15 is 0 Å². The van der Waals surface area contributed by atoms with E-state index in [9.17, 15) is 23.6 Å². The van der Waals surface area contributed by atoms with Gasteiger partial charge in [-0.25, -0.2) is 4.39 Å². The van der Waals surface area contributed by atoms with Gasteiger partial charge in [0.1, 0.15) is 12.4 Å². The van der Waals surface area contributed by atoms with Crippen molar-refractivity contribution in [3.63, 3.8) is 0 Å². The normalized spacial score (nSPS) is 14.7. The molecule has 2 heterocycles. The molecular weight excluding hydrogens is 583 g/mol. The van der Waals surface area contributed by atoms with Crippen LogP contribution in [0.1, 0.15) is 48.5 Å². The van der Waals surface area contributed by atoms with E-state index in [-0.39, 0.29) is 49.2 Å². The maximum absolute atomic E-state index is 14.9. The van der Waals surface area contributed by atoms with Gasteiger partial charge < -0.3 is 19.7 Å². The lowest BCUT2D eigenvalue weighted by Crippen LogP contribution is -2.43. The summed E-state index contributed by atoms with van der Waals surface area (Å²) in [6.07, 6.45) is 4.60. The Balaban J connectivity index is 1.13. The molecule has 0 atom stereocenters. The van der Waals surface area contributed by atoms with Crippen LogP contribution in [-0.2, 0) is 27.5 Å². The SMILES string of the molecule is CC(=O)c1cn(CC(=O)N(CC(=O)NCc2ccc(-c3ccccc3Cl)c(F)c2)C2CC2)c2ccc(N3CCCC3=O)cc12. The topological polar surface area (TPSA) is 91.7 Å². The first-order valence-corrected chi connectivity index (χ1v) is 15.1. The minimum atomic E-state index is -0.442. The van der Waals surface area contributed by atoms with E-state index in [1.165, 1.54) is 13.0 Å². The zero-order chi connectivity index (χ0) is 31.0. The Morgan fingerprint density at radius 3 is 2.52 bits per heavy atom. The summed E-state index contributed by atoms with van der Waals surface area (Å²) < 4.78 is 16.6. The maximum atomic E-state index is 14.9. The molecule has 1 aromatic heterocycles. The number of benzene rings is 3. The van der Waals surface area contributed by atoms with Crippen LogP contribution in [0.3, 0.4) is 0 Å². The van der Waals surface area contributed by atoms with Crippen LogP contribution >= 0.6 is 11.6 Å². The molecule has 0 unspecified atom stereocenters. The van der Waals surface area contributed by atoms with Crippen LogP contribution in [-0.4, -0.2) is 52.1 Å². The summed E-state index contributed by atoms with van der Waals surface area (Å²) in [6.45, 7) is 2.07. The highest BCUT2D eigenvalue weighted by molar-refractivity contribution is 6.33. The molecule has 0 bridgehead atoms. The lowest BCUT2D eigenvalue weighted by Gasteiger charge is -2.22. The molecule has 1 N–H and O–H groups in total. The number of halogens is 2. The minimum absolute atomic E-state index is 0.0255. The van der Waals surface area contributed by atoms with Crippen molar-refractivity contribution < 1.29 is 23.6 Å². The number of ketones is 1. The molecule has 1 aliphatic carbocycles. The summed E-state index contributed by atoms with van der Waals surface area (Å²) in [4.78, 5) is 54.5. The molecule has 1 aliphatic heterocycles. The van der Waals surface area contributed by atoms with E-state index in [2.05, 4.69) is 5.32 Å². The molecule has 226 valence electrons. The molecule has 6 rings (SSSR count). The van der Waals surface area contributed by atoms with Crippen molar-refractivity contribution in [2.45, 2.75) is 51.7 Å². The molecule has 0 radical (unpaired) electrons. The van der Waals surface area contributed by atoms with Crippen molar-refractivity contribution in [2.75, 3.05) is 18.0 Å². The summed E-state index contributed by atoms with van der Waals surface area (Å²) in [7, 11) is 0. The van der Waals surface area contributed by atoms with Crippen molar-refractivity contribution in [2.24, 2.45) is 0 Å². The zero-order valence-corrected chi connectivity index (χ0v) is 25.1. The molecule has 2 fully saturated rings. The first-order chi connectivity index (χ1) is 21.2. The summed E-state index contributed by atoms with van der Waals surface area (Å²) in [5, 5.41) is 3.94. The molecule has 10 heteroatoms. The van der Waals surface area contributed by atoms with E-state index in [0.717, 1.165) is 24.9 Å². The number of anilines is 1. The molecule has 2 aliphatic rings. The highest BCUT2D eigenvalue weighted by atomic mass is 35.5. The number of Topliss-reactive ketones (excluding diaryl/α,β-unsaturated/α-hetero) is 1. The lowest BCUT2D eigenvalue weighted by molar-refractivity contribution is -0.137. The smallest absolute Gasteiger partial charge is 0.243 e. The number of aromatic nitrogens is 1. The Bertz CT molecular complexity index is 1800. The van der Waals surface area contributed by atoms with Gasteiger partial charge in [0.25, 0.3) is 0 Å². The van der Waals surface area contributed by atoms with Gasteiger partial charge in [0.15, 0.2) is 5.78 Å². The third kappa shape index (κ3) is 6.10. The van der Waals surface area contributed by atoms with E-state index < -0.39 is 5.82 Å². The second-order valence-electron chi connectivity index (χ2n) is 11.4. The molecular formula is C34H32ClFN4O4. The van der Waals surface area contributed by atoms with Gasteiger partial charge in [-0.1, -0.05) is 41.9 Å². The standard InChI is InChI=1S/C34H32ClFN4O4/c1-21(41)28-18-38(31-13-11-24(16-27(28)31)39-14-4-7-33(39)43)20-34(44)40(23-9-10-23)19-32(42)37-17-22-8-12-26(30(36)15-22)25-5-2-3-6-29(25)35/h2-3,5-6,8,11-13,15-16,18,23H,4,7,9-10,14,17,19-20H2,1H3,(H,37,42). The molecule has 0 spiro atoms. The Hall–Kier alpha value is -4.50. The number of rotatable bonds is 10. The average Bonchev–Trinajstić information content (AvgIpc) is 3.65. The Morgan fingerprint density at radius 1 is 1.05 bits per heavy atom. The quantitative estimate of drug-likeness (QED) is 0.231. The van der Waals surface area contributed by atoms with Gasteiger partial charge in [-0.05, 0) is 62.1 Å². The number of hydrogen-bond donors (Lipinski definition) is 1. The summed E-state index contributed by atoms with van der Waals surface area (Å²) in [5.41, 5.74) is 3.48. The van der Waals surface area contributed by atoms with Crippen molar-refractivity contribution in [3.05, 3.63) is 88.8 Å². The Labute approximate surface area is 259 Å². The van der Waals surface area contributed by atoms with E-state index in [1.54, 1.807) is 57.0 Å². The average molecular weight is 615 g/mol. The van der Waals surface area contributed by atoms with Crippen LogP contribution < -0.4 is 10.2 Å². The molecule has 3 amide bonds. The van der Waals surface area contributed by atoms with E-state index in [4.69, 9.17) is 11.6 Å². The third-order valence-corrected chi connectivity index (χ3v) is 8.57. The molecule has 44 heavy (non-hydrogen) atoms. The minimum Gasteiger partial charge on any atom is -0.350 e. The van der Waals surface area contributed by atoms with E-state index in [0.29, 0.717) is 51.1 Å². The van der Waals surface area contributed by atoms with Gasteiger partial charge >= 0.3 is 0 Å². The highest BCUT2D eigenvalue weighted by Crippen LogP contribution is 2.32. The molecule has 4 aromatic rings. The largest absolute Gasteiger partial charge is 0.350 e. The van der Waals surface area contributed by atoms with Crippen molar-refractivity contribution in [1.82, 2.24) is 14.8 Å². The van der Waals surface area contributed by atoms with Crippen molar-refractivity contribution >= 4 is 51.7 Å². The predicted molar refractivity (Wildman–Crippen MR) is 167 cm³/mol. The summed E-state index contributed by atoms with van der Waals surface area (Å²) >= 11 is 6.22. The number of carbonyl (C=O) groups excluding carboxylic acids is 4. The number of nitrogens with zero attached hydrogens (tertiary/aromatic N) is 3. The number of hydrogen-bond acceptors (Lipinski definition) is 4. The van der Waals surface area contributed by atoms with Gasteiger partial charge in [0.05, 0.1) is 6.54 Å². The Morgan fingerprint density at radius 2 is 1.84 bits per heavy atom. The van der Waals surface area contributed by atoms with Crippen LogP contribution in [0, 0.1) is 5.82 Å². The molecule has 1 saturated carbocycles. The van der Waals surface area contributed by atoms with Crippen molar-refractivity contribution in [1.29, 1.82) is 0 Å². The predicted octanol–water partition coefficient (Wildman–Crippen LogP) is 5.74. The zero-order valence-electron chi connectivity index (χ0n) is 24.3. The second-order valence-corrected chi connectivity index (χ2v) is 11.8. The fourth-order valence-corrected chi connectivity index (χ4v) is 6.04. The van der Waals surface area contributed by atoms with Gasteiger partial charge in [-0.3, -0.25) is 19.2 Å². The van der Waals surface area contributed by atoms with E-state index in [1.807, 2.05) is 18.2 Å². The lowest BCUT2D eigenvalue weighted by atomic mass is 10.0. The van der Waals surface area contributed by atoms with Crippen molar-refractivity contribution in [3.8, 4) is 11.1 Å². The van der Waals surface area contributed by atoms with Gasteiger partial charge in [-0.2, -0.15) is 0 Å². The second kappa shape index (κ2) is 12.2. The van der Waals surface area contributed by atoms with Gasteiger partial charge in [0.2, 0.25) is 17.7 Å². The van der Waals surface area contributed by atoms with Crippen LogP contribution in [0.15, 0.2) is 66.9 Å². The number of fused-ring (bicyclic) bond motifs is 1. The van der Waals surface area contributed by atoms with Crippen LogP contribution in [0.2, 0.25) is 5.02 Å². The number of nitrogens with one attached hydrogen (secondary N) is 1. The first kappa shape index (κ1) is 29.6. The monoisotopic (exact) mass is 614 g/mol. The number of carbonyl (C=O) groups is 4. The fourth-order valence-electron chi connectivity index (χ4n) is 5.81. The number of amides is 3. The van der Waals surface area contributed by atoms with Gasteiger partial charge in [-0.15, -0.1) is 0 Å². The van der Waals surface area contributed by atoms with Crippen LogP contribution in [0.5, 0.6) is 0 Å². The van der Waals surface area contributed by atoms with Crippen LogP contribution in [0.4, 0.5) is 10.1 Å². The summed E-state index contributed by atoms with van der Waals surface area (Å²) in [5.74, 6) is -1.10. The van der Waals surface area contributed by atoms with Crippen LogP contribution in [0.25, 0.3) is 22.0 Å².